The SMILES string of the molecule is O=C(NCCSCc1ccsc1)C(c1ccccc1)c1ccccc1. The molecule has 0 saturated heterocycles. The number of thiophene rings is 1. The summed E-state index contributed by atoms with van der Waals surface area (Å²) in [4.78, 5) is 12.8. The third-order valence-corrected chi connectivity index (χ3v) is 5.68. The molecule has 0 radical (unpaired) electrons. The van der Waals surface area contributed by atoms with Crippen molar-refractivity contribution in [3.05, 3.63) is 94.2 Å². The molecule has 0 saturated carbocycles. The van der Waals surface area contributed by atoms with Gasteiger partial charge in [0.2, 0.25) is 5.91 Å². The van der Waals surface area contributed by atoms with Crippen LogP contribution in [0.4, 0.5) is 0 Å². The van der Waals surface area contributed by atoms with Gasteiger partial charge in [-0.05, 0) is 33.5 Å². The number of carbonyl (C=O) groups is 1. The third kappa shape index (κ3) is 5.21. The summed E-state index contributed by atoms with van der Waals surface area (Å²) < 4.78 is 0. The first kappa shape index (κ1) is 17.8. The van der Waals surface area contributed by atoms with E-state index in [0.717, 1.165) is 22.6 Å². The maximum absolute atomic E-state index is 12.8. The number of rotatable bonds is 8. The van der Waals surface area contributed by atoms with Crippen LogP contribution in [0.25, 0.3) is 0 Å². The van der Waals surface area contributed by atoms with Crippen LogP contribution in [0.2, 0.25) is 0 Å². The van der Waals surface area contributed by atoms with Gasteiger partial charge in [-0.1, -0.05) is 60.7 Å². The van der Waals surface area contributed by atoms with Crippen LogP contribution in [-0.2, 0) is 10.5 Å². The minimum atomic E-state index is -0.260. The number of thioether (sulfide) groups is 1. The average molecular weight is 368 g/mol. The topological polar surface area (TPSA) is 29.1 Å². The van der Waals surface area contributed by atoms with Crippen LogP contribution in [0.5, 0.6) is 0 Å². The van der Waals surface area contributed by atoms with Gasteiger partial charge < -0.3 is 5.32 Å². The van der Waals surface area contributed by atoms with Crippen molar-refractivity contribution in [1.29, 1.82) is 0 Å². The van der Waals surface area contributed by atoms with Crippen LogP contribution in [0.15, 0.2) is 77.5 Å². The standard InChI is InChI=1S/C21H21NOS2/c23-21(22-12-14-25-16-17-11-13-24-15-17)20(18-7-3-1-4-8-18)19-9-5-2-6-10-19/h1-11,13,15,20H,12,14,16H2,(H,22,23). The highest BCUT2D eigenvalue weighted by molar-refractivity contribution is 7.98. The van der Waals surface area contributed by atoms with Crippen LogP contribution < -0.4 is 5.32 Å². The molecule has 0 atom stereocenters. The van der Waals surface area contributed by atoms with E-state index in [1.54, 1.807) is 11.3 Å². The Balaban J connectivity index is 1.58. The zero-order chi connectivity index (χ0) is 17.3. The zero-order valence-corrected chi connectivity index (χ0v) is 15.6. The van der Waals surface area contributed by atoms with Gasteiger partial charge in [0.15, 0.2) is 0 Å². The van der Waals surface area contributed by atoms with Crippen molar-refractivity contribution < 1.29 is 4.79 Å². The van der Waals surface area contributed by atoms with Gasteiger partial charge in [-0.15, -0.1) is 0 Å². The van der Waals surface area contributed by atoms with Crippen molar-refractivity contribution in [3.63, 3.8) is 0 Å². The Morgan fingerprint density at radius 1 is 0.960 bits per heavy atom. The van der Waals surface area contributed by atoms with Gasteiger partial charge in [0, 0.05) is 18.1 Å². The molecule has 0 aliphatic rings. The smallest absolute Gasteiger partial charge is 0.232 e. The van der Waals surface area contributed by atoms with Crippen molar-refractivity contribution in [3.8, 4) is 0 Å². The van der Waals surface area contributed by atoms with Crippen LogP contribution >= 0.6 is 23.1 Å². The van der Waals surface area contributed by atoms with E-state index in [2.05, 4.69) is 22.1 Å². The lowest BCUT2D eigenvalue weighted by atomic mass is 9.90. The van der Waals surface area contributed by atoms with E-state index in [0.29, 0.717) is 6.54 Å². The Morgan fingerprint density at radius 2 is 1.60 bits per heavy atom. The van der Waals surface area contributed by atoms with Gasteiger partial charge in [-0.25, -0.2) is 0 Å². The summed E-state index contributed by atoms with van der Waals surface area (Å²) in [6.07, 6.45) is 0. The Labute approximate surface area is 157 Å². The second-order valence-electron chi connectivity index (χ2n) is 5.73. The number of benzene rings is 2. The minimum Gasteiger partial charge on any atom is -0.354 e. The third-order valence-electron chi connectivity index (χ3n) is 3.92. The van der Waals surface area contributed by atoms with E-state index in [1.165, 1.54) is 5.56 Å². The fourth-order valence-corrected chi connectivity index (χ4v) is 4.28. The summed E-state index contributed by atoms with van der Waals surface area (Å²) in [5.74, 6) is 1.72. The second-order valence-corrected chi connectivity index (χ2v) is 7.61. The first-order valence-electron chi connectivity index (χ1n) is 8.31. The molecule has 1 aromatic heterocycles. The molecule has 1 amide bonds. The molecule has 0 spiro atoms. The summed E-state index contributed by atoms with van der Waals surface area (Å²) in [6.45, 7) is 0.684. The molecule has 0 unspecified atom stereocenters. The van der Waals surface area contributed by atoms with Gasteiger partial charge in [0.05, 0.1) is 5.92 Å². The van der Waals surface area contributed by atoms with Crippen LogP contribution in [0.1, 0.15) is 22.6 Å². The van der Waals surface area contributed by atoms with E-state index in [9.17, 15) is 4.79 Å². The van der Waals surface area contributed by atoms with Crippen molar-refractivity contribution in [2.75, 3.05) is 12.3 Å². The fraction of sp³-hybridized carbons (Fsp3) is 0.190. The molecule has 0 bridgehead atoms. The Hall–Kier alpha value is -2.04. The predicted octanol–water partition coefficient (Wildman–Crippen LogP) is 4.93. The number of nitrogens with one attached hydrogen (secondary N) is 1. The number of carbonyl (C=O) groups excluding carboxylic acids is 1. The van der Waals surface area contributed by atoms with Gasteiger partial charge in [0.25, 0.3) is 0 Å². The highest BCUT2D eigenvalue weighted by Crippen LogP contribution is 2.24. The second kappa shape index (κ2) is 9.44. The van der Waals surface area contributed by atoms with Gasteiger partial charge >= 0.3 is 0 Å². The number of hydrogen-bond donors (Lipinski definition) is 1. The minimum absolute atomic E-state index is 0.0635. The van der Waals surface area contributed by atoms with Gasteiger partial charge in [-0.2, -0.15) is 23.1 Å². The molecule has 1 N–H and O–H groups in total. The highest BCUT2D eigenvalue weighted by atomic mass is 32.2. The van der Waals surface area contributed by atoms with E-state index in [1.807, 2.05) is 72.4 Å². The van der Waals surface area contributed by atoms with Crippen LogP contribution in [0, 0.1) is 0 Å². The number of amides is 1. The molecule has 2 nitrogen and oxygen atoms in total. The molecule has 0 fully saturated rings. The van der Waals surface area contributed by atoms with Crippen molar-refractivity contribution in [2.45, 2.75) is 11.7 Å². The average Bonchev–Trinajstić information content (AvgIpc) is 3.17. The maximum atomic E-state index is 12.8. The molecular weight excluding hydrogens is 346 g/mol. The Bertz CT molecular complexity index is 718. The lowest BCUT2D eigenvalue weighted by Crippen LogP contribution is -2.31. The first-order valence-corrected chi connectivity index (χ1v) is 10.4. The lowest BCUT2D eigenvalue weighted by molar-refractivity contribution is -0.121. The maximum Gasteiger partial charge on any atom is 0.232 e. The van der Waals surface area contributed by atoms with Crippen molar-refractivity contribution in [2.24, 2.45) is 0 Å². The highest BCUT2D eigenvalue weighted by Gasteiger charge is 2.21. The molecule has 1 heterocycles. The summed E-state index contributed by atoms with van der Waals surface area (Å²) in [7, 11) is 0. The van der Waals surface area contributed by atoms with E-state index in [-0.39, 0.29) is 11.8 Å². The molecule has 4 heteroatoms. The largest absolute Gasteiger partial charge is 0.354 e. The summed E-state index contributed by atoms with van der Waals surface area (Å²) in [5, 5.41) is 7.37. The quantitative estimate of drug-likeness (QED) is 0.572. The molecule has 2 aromatic carbocycles. The Morgan fingerprint density at radius 3 is 2.16 bits per heavy atom. The number of hydrogen-bond acceptors (Lipinski definition) is 3. The molecular formula is C21H21NOS2. The van der Waals surface area contributed by atoms with Crippen LogP contribution in [-0.4, -0.2) is 18.2 Å². The predicted molar refractivity (Wildman–Crippen MR) is 108 cm³/mol. The molecule has 3 rings (SSSR count). The summed E-state index contributed by atoms with van der Waals surface area (Å²) >= 11 is 3.57. The Kier molecular flexibility index (Phi) is 6.71. The van der Waals surface area contributed by atoms with Crippen LogP contribution in [0.3, 0.4) is 0 Å². The van der Waals surface area contributed by atoms with Crippen molar-refractivity contribution in [1.82, 2.24) is 5.32 Å². The lowest BCUT2D eigenvalue weighted by Gasteiger charge is -2.18. The molecule has 0 aliphatic heterocycles. The molecule has 25 heavy (non-hydrogen) atoms. The molecule has 128 valence electrons. The summed E-state index contributed by atoms with van der Waals surface area (Å²) in [5.41, 5.74) is 3.40. The monoisotopic (exact) mass is 367 g/mol. The summed E-state index contributed by atoms with van der Waals surface area (Å²) in [6, 6.07) is 22.1. The fourth-order valence-electron chi connectivity index (χ4n) is 2.70. The zero-order valence-electron chi connectivity index (χ0n) is 13.9. The first-order chi connectivity index (χ1) is 12.3. The molecule has 3 aromatic rings. The van der Waals surface area contributed by atoms with E-state index < -0.39 is 0 Å². The van der Waals surface area contributed by atoms with E-state index >= 15 is 0 Å². The normalized spacial score (nSPS) is 10.8. The van der Waals surface area contributed by atoms with Crippen molar-refractivity contribution >= 4 is 29.0 Å². The van der Waals surface area contributed by atoms with Gasteiger partial charge in [-0.3, -0.25) is 4.79 Å². The van der Waals surface area contributed by atoms with Gasteiger partial charge in [0.1, 0.15) is 0 Å². The van der Waals surface area contributed by atoms with E-state index in [4.69, 9.17) is 0 Å². The molecule has 0 aliphatic carbocycles.